The quantitative estimate of drug-likeness (QED) is 0.332. The molecule has 0 unspecified atom stereocenters. The number of hydrogen-bond acceptors (Lipinski definition) is 0. The zero-order valence-corrected chi connectivity index (χ0v) is 2.78. The summed E-state index contributed by atoms with van der Waals surface area (Å²) in [5, 5.41) is 0. The number of rotatable bonds is 0. The van der Waals surface area contributed by atoms with Crippen LogP contribution in [0.15, 0.2) is 11.3 Å². The summed E-state index contributed by atoms with van der Waals surface area (Å²) in [6, 6.07) is 0. The molecule has 0 amide bonds. The molecule has 0 radical (unpaired) electrons. The van der Waals surface area contributed by atoms with Crippen LogP contribution in [0.2, 0.25) is 0 Å². The summed E-state index contributed by atoms with van der Waals surface area (Å²) in [5.41, 5.74) is 0. The molecule has 0 aliphatic carbocycles. The van der Waals surface area contributed by atoms with Gasteiger partial charge in [0.15, 0.2) is 0 Å². The Morgan fingerprint density at radius 3 is 1.75 bits per heavy atom. The Hall–Kier alpha value is 0.297. The van der Waals surface area contributed by atoms with E-state index < -0.39 is 0 Å². The second-order valence-corrected chi connectivity index (χ2v) is 0.408. The molecule has 0 rings (SSSR count). The predicted molar refractivity (Wildman–Crippen MR) is 19.6 cm³/mol. The molecule has 2 heteroatoms. The van der Waals surface area contributed by atoms with E-state index in [1.165, 1.54) is 0 Å². The second-order valence-electron chi connectivity index (χ2n) is 0.408. The molecule has 0 bridgehead atoms. The maximum absolute atomic E-state index is 3.36. The van der Waals surface area contributed by atoms with Crippen molar-refractivity contribution in [3.63, 3.8) is 0 Å². The van der Waals surface area contributed by atoms with Crippen LogP contribution in [0.5, 0.6) is 0 Å². The Morgan fingerprint density at radius 2 is 1.75 bits per heavy atom. The molecule has 20 valence electrons. The average Bonchev–Trinajstić information content (AvgIpc) is 0.918. The first kappa shape index (κ1) is 8.85. The van der Waals surface area contributed by atoms with Gasteiger partial charge in [0.1, 0.15) is 0 Å². The molecular formula is C2H5LiO. The summed E-state index contributed by atoms with van der Waals surface area (Å²) < 4.78 is 1.75. The molecule has 0 aromatic heterocycles. The number of hydrogen-bond donors (Lipinski definition) is 0. The molecule has 0 atom stereocenters. The molecule has 4 heavy (non-hydrogen) atoms. The van der Waals surface area contributed by atoms with Crippen LogP contribution >= 0.6 is 0 Å². The minimum atomic E-state index is 0. The van der Waals surface area contributed by atoms with Crippen molar-refractivity contribution in [3.05, 3.63) is 11.3 Å². The molecule has 0 saturated heterocycles. The maximum atomic E-state index is 3.36. The van der Waals surface area contributed by atoms with Crippen molar-refractivity contribution in [3.8, 4) is 0 Å². The van der Waals surface area contributed by atoms with Gasteiger partial charge in [-0.15, -0.1) is 0 Å². The fraction of sp³-hybridized carbons (Fsp3) is 0. The van der Waals surface area contributed by atoms with Gasteiger partial charge < -0.3 is 5.48 Å². The van der Waals surface area contributed by atoms with E-state index in [2.05, 4.69) is 6.58 Å². The first-order valence-electron chi connectivity index (χ1n) is 0.986. The van der Waals surface area contributed by atoms with Gasteiger partial charge in [-0.2, -0.15) is 0 Å². The fourth-order valence-electron chi connectivity index (χ4n) is 0. The van der Waals surface area contributed by atoms with Crippen molar-refractivity contribution in [1.29, 1.82) is 0 Å². The van der Waals surface area contributed by atoms with E-state index in [9.17, 15) is 0 Å². The van der Waals surface area contributed by atoms with Gasteiger partial charge in [0.25, 0.3) is 0 Å². The molecule has 0 aliphatic heterocycles. The van der Waals surface area contributed by atoms with Crippen molar-refractivity contribution in [1.82, 2.24) is 0 Å². The van der Waals surface area contributed by atoms with Crippen LogP contribution in [0.25, 0.3) is 0 Å². The van der Waals surface area contributed by atoms with Crippen LogP contribution in [-0.4, -0.2) is 23.2 Å². The predicted octanol–water partition coefficient (Wildman–Crippen LogP) is -0.526. The Bertz CT molecular complexity index is 13.5. The second kappa shape index (κ2) is 10.3. The van der Waals surface area contributed by atoms with Gasteiger partial charge in [-0.05, 0) is 0 Å². The zero-order chi connectivity index (χ0) is 2.71. The Morgan fingerprint density at radius 1 is 1.75 bits per heavy atom. The van der Waals surface area contributed by atoms with E-state index >= 15 is 0 Å². The van der Waals surface area contributed by atoms with E-state index in [1.54, 1.807) is 4.75 Å². The molecule has 1 nitrogen and oxygen atoms in total. The summed E-state index contributed by atoms with van der Waals surface area (Å²) in [6.07, 6.45) is 0. The van der Waals surface area contributed by atoms with E-state index in [4.69, 9.17) is 0 Å². The van der Waals surface area contributed by atoms with Crippen molar-refractivity contribution >= 4 is 17.7 Å². The van der Waals surface area contributed by atoms with Crippen LogP contribution in [0.1, 0.15) is 0 Å². The molecule has 0 heterocycles. The van der Waals surface area contributed by atoms with Gasteiger partial charge in [-0.1, -0.05) is 0 Å². The van der Waals surface area contributed by atoms with Crippen LogP contribution < -0.4 is 0 Å². The molecule has 0 aromatic carbocycles. The Labute approximate surface area is 35.2 Å². The summed E-state index contributed by atoms with van der Waals surface area (Å²) in [6.45, 7) is 3.36. The van der Waals surface area contributed by atoms with Gasteiger partial charge in [0.2, 0.25) is 0 Å². The Kier molecular flexibility index (Phi) is 22.9. The topological polar surface area (TPSA) is 31.5 Å². The van der Waals surface area contributed by atoms with Gasteiger partial charge in [-0.3, -0.25) is 0 Å². The molecule has 0 aromatic rings. The van der Waals surface area contributed by atoms with Crippen LogP contribution in [0.4, 0.5) is 0 Å². The van der Waals surface area contributed by atoms with E-state index in [0.29, 0.717) is 0 Å². The van der Waals surface area contributed by atoms with Crippen LogP contribution in [0.3, 0.4) is 0 Å². The van der Waals surface area contributed by atoms with E-state index in [-0.39, 0.29) is 5.48 Å². The van der Waals surface area contributed by atoms with Crippen molar-refractivity contribution in [2.45, 2.75) is 0 Å². The average molecular weight is 52.0 g/mol. The van der Waals surface area contributed by atoms with Gasteiger partial charge in [0.05, 0.1) is 0 Å². The summed E-state index contributed by atoms with van der Waals surface area (Å²) in [7, 11) is 0. The first-order chi connectivity index (χ1) is 1.41. The molecule has 2 N–H and O–H groups in total. The SMILES string of the molecule is O.[Li][CH]=C. The first-order valence-corrected chi connectivity index (χ1v) is 0.986. The third-order valence-electron chi connectivity index (χ3n) is 0. The summed E-state index contributed by atoms with van der Waals surface area (Å²) >= 11 is 1.89. The molecule has 0 saturated carbocycles. The molecular weight excluding hydrogens is 47.0 g/mol. The van der Waals surface area contributed by atoms with Gasteiger partial charge in [0, 0.05) is 0 Å². The molecule has 0 aliphatic rings. The molecule has 0 spiro atoms. The summed E-state index contributed by atoms with van der Waals surface area (Å²) in [5.74, 6) is 0. The zero-order valence-electron chi connectivity index (χ0n) is 2.78. The van der Waals surface area contributed by atoms with Crippen molar-refractivity contribution in [2.24, 2.45) is 0 Å². The van der Waals surface area contributed by atoms with Crippen LogP contribution in [-0.2, 0) is 0 Å². The third kappa shape index (κ3) is 43.7. The van der Waals surface area contributed by atoms with Gasteiger partial charge >= 0.3 is 29.0 Å². The van der Waals surface area contributed by atoms with Crippen LogP contribution in [0, 0.1) is 0 Å². The summed E-state index contributed by atoms with van der Waals surface area (Å²) in [4.78, 5) is 0. The van der Waals surface area contributed by atoms with E-state index in [0.717, 1.165) is 0 Å². The van der Waals surface area contributed by atoms with Crippen molar-refractivity contribution in [2.75, 3.05) is 0 Å². The third-order valence-corrected chi connectivity index (χ3v) is 0. The standard InChI is InChI=1S/C2H3.Li.H2O/c1-2;;/h1H,2H2;;1H2. The normalized spacial score (nSPS) is 3.50. The molecule has 0 fully saturated rings. The van der Waals surface area contributed by atoms with Crippen molar-refractivity contribution < 1.29 is 5.48 Å². The van der Waals surface area contributed by atoms with E-state index in [1.807, 2.05) is 17.7 Å². The van der Waals surface area contributed by atoms with Gasteiger partial charge in [-0.25, -0.2) is 0 Å². The monoisotopic (exact) mass is 52.1 g/mol. The Balaban J connectivity index is 0. The fourth-order valence-corrected chi connectivity index (χ4v) is 0. The minimum absolute atomic E-state index is 0.